The number of carbonyl (C=O) groups is 2. The van der Waals surface area contributed by atoms with Gasteiger partial charge in [0.25, 0.3) is 11.8 Å². The first-order valence-electron chi connectivity index (χ1n) is 8.50. The van der Waals surface area contributed by atoms with Gasteiger partial charge in [0.1, 0.15) is 10.6 Å². The summed E-state index contributed by atoms with van der Waals surface area (Å²) in [4.78, 5) is 27.4. The maximum Gasteiger partial charge on any atom is 0.264 e. The highest BCUT2D eigenvalue weighted by Gasteiger charge is 2.20. The van der Waals surface area contributed by atoms with Gasteiger partial charge in [0.05, 0.1) is 6.20 Å². The van der Waals surface area contributed by atoms with E-state index >= 15 is 0 Å². The number of nitrogens with two attached hydrogens (primary N) is 1. The Hall–Kier alpha value is -2.12. The summed E-state index contributed by atoms with van der Waals surface area (Å²) in [7, 11) is 0. The van der Waals surface area contributed by atoms with E-state index in [4.69, 9.17) is 22.1 Å². The maximum absolute atomic E-state index is 12.1. The molecule has 2 amide bonds. The molecule has 0 saturated heterocycles. The van der Waals surface area contributed by atoms with E-state index in [0.29, 0.717) is 26.7 Å². The molecule has 138 valence electrons. The van der Waals surface area contributed by atoms with E-state index in [0.717, 1.165) is 29.7 Å². The number of anilines is 1. The number of primary amides is 1. The molecule has 1 aliphatic rings. The Kier molecular flexibility index (Phi) is 6.11. The number of hydrogen-bond acceptors (Lipinski definition) is 5. The third-order valence-electron chi connectivity index (χ3n) is 4.37. The summed E-state index contributed by atoms with van der Waals surface area (Å²) in [5.41, 5.74) is 6.24. The van der Waals surface area contributed by atoms with E-state index in [9.17, 15) is 9.59 Å². The standard InChI is InChI=1S/C18H20ClN3O3S/c19-12-6-7-14(13(8-12)11-4-2-1-3-5-11)25-10-16(23)22-18-21-9-15(26-18)17(20)24/h6-9,11H,1-5,10H2,(H2,20,24)(H,21,22,23). The zero-order valence-corrected chi connectivity index (χ0v) is 15.7. The monoisotopic (exact) mass is 393 g/mol. The molecule has 0 aliphatic heterocycles. The van der Waals surface area contributed by atoms with E-state index in [1.54, 1.807) is 6.07 Å². The molecule has 0 spiro atoms. The molecule has 0 bridgehead atoms. The van der Waals surface area contributed by atoms with Gasteiger partial charge in [-0.2, -0.15) is 0 Å². The minimum atomic E-state index is -0.572. The van der Waals surface area contributed by atoms with Crippen molar-refractivity contribution >= 4 is 39.9 Å². The average molecular weight is 394 g/mol. The molecule has 1 aromatic heterocycles. The van der Waals surface area contributed by atoms with Gasteiger partial charge in [-0.05, 0) is 42.5 Å². The molecule has 1 heterocycles. The molecule has 1 aliphatic carbocycles. The summed E-state index contributed by atoms with van der Waals surface area (Å²) >= 11 is 7.18. The van der Waals surface area contributed by atoms with Crippen molar-refractivity contribution < 1.29 is 14.3 Å². The zero-order chi connectivity index (χ0) is 18.5. The number of hydrogen-bond donors (Lipinski definition) is 2. The van der Waals surface area contributed by atoms with Crippen molar-refractivity contribution in [3.63, 3.8) is 0 Å². The first kappa shape index (κ1) is 18.7. The van der Waals surface area contributed by atoms with Crippen LogP contribution in [0.15, 0.2) is 24.4 Å². The molecule has 1 aromatic carbocycles. The van der Waals surface area contributed by atoms with Crippen LogP contribution in [-0.2, 0) is 4.79 Å². The zero-order valence-electron chi connectivity index (χ0n) is 14.2. The van der Waals surface area contributed by atoms with Crippen molar-refractivity contribution in [2.45, 2.75) is 38.0 Å². The van der Waals surface area contributed by atoms with Crippen LogP contribution in [0.4, 0.5) is 5.13 Å². The highest BCUT2D eigenvalue weighted by Crippen LogP contribution is 2.38. The number of ether oxygens (including phenoxy) is 1. The summed E-state index contributed by atoms with van der Waals surface area (Å²) in [5.74, 6) is 0.184. The highest BCUT2D eigenvalue weighted by atomic mass is 35.5. The van der Waals surface area contributed by atoms with Gasteiger partial charge in [-0.1, -0.05) is 42.2 Å². The number of carbonyl (C=O) groups excluding carboxylic acids is 2. The highest BCUT2D eigenvalue weighted by molar-refractivity contribution is 7.17. The smallest absolute Gasteiger partial charge is 0.264 e. The predicted molar refractivity (Wildman–Crippen MR) is 102 cm³/mol. The molecule has 6 nitrogen and oxygen atoms in total. The molecule has 0 atom stereocenters. The number of nitrogens with zero attached hydrogens (tertiary/aromatic N) is 1. The number of halogens is 1. The first-order chi connectivity index (χ1) is 12.5. The summed E-state index contributed by atoms with van der Waals surface area (Å²) in [6, 6.07) is 5.51. The van der Waals surface area contributed by atoms with Crippen molar-refractivity contribution in [3.05, 3.63) is 39.9 Å². The Morgan fingerprint density at radius 2 is 2.08 bits per heavy atom. The quantitative estimate of drug-likeness (QED) is 0.776. The van der Waals surface area contributed by atoms with Crippen LogP contribution in [0, 0.1) is 0 Å². The van der Waals surface area contributed by atoms with Gasteiger partial charge in [0.2, 0.25) is 0 Å². The SMILES string of the molecule is NC(=O)c1cnc(NC(=O)COc2ccc(Cl)cc2C2CCCCC2)s1. The maximum atomic E-state index is 12.1. The van der Waals surface area contributed by atoms with Crippen LogP contribution >= 0.6 is 22.9 Å². The van der Waals surface area contributed by atoms with Gasteiger partial charge in [0.15, 0.2) is 11.7 Å². The number of thiazole rings is 1. The van der Waals surface area contributed by atoms with Crippen molar-refractivity contribution in [2.24, 2.45) is 5.73 Å². The molecule has 2 aromatic rings. The number of nitrogens with one attached hydrogen (secondary N) is 1. The Labute approximate surface area is 160 Å². The van der Waals surface area contributed by atoms with Gasteiger partial charge in [-0.15, -0.1) is 0 Å². The summed E-state index contributed by atoms with van der Waals surface area (Å²) in [5, 5.41) is 3.59. The molecule has 3 N–H and O–H groups in total. The summed E-state index contributed by atoms with van der Waals surface area (Å²) in [6.45, 7) is -0.146. The lowest BCUT2D eigenvalue weighted by Gasteiger charge is -2.24. The third-order valence-corrected chi connectivity index (χ3v) is 5.53. The minimum absolute atomic E-state index is 0.146. The second-order valence-electron chi connectivity index (χ2n) is 6.25. The summed E-state index contributed by atoms with van der Waals surface area (Å²) < 4.78 is 5.75. The number of amides is 2. The summed E-state index contributed by atoms with van der Waals surface area (Å²) in [6.07, 6.45) is 7.21. The first-order valence-corrected chi connectivity index (χ1v) is 9.70. The van der Waals surface area contributed by atoms with Crippen molar-refractivity contribution in [1.29, 1.82) is 0 Å². The van der Waals surface area contributed by atoms with Crippen LogP contribution in [0.3, 0.4) is 0 Å². The Morgan fingerprint density at radius 1 is 1.31 bits per heavy atom. The second kappa shape index (κ2) is 8.51. The second-order valence-corrected chi connectivity index (χ2v) is 7.71. The third kappa shape index (κ3) is 4.74. The van der Waals surface area contributed by atoms with Gasteiger partial charge in [0, 0.05) is 5.02 Å². The predicted octanol–water partition coefficient (Wildman–Crippen LogP) is 3.96. The lowest BCUT2D eigenvalue weighted by Crippen LogP contribution is -2.20. The van der Waals surface area contributed by atoms with E-state index in [1.165, 1.54) is 25.5 Å². The lowest BCUT2D eigenvalue weighted by molar-refractivity contribution is -0.118. The van der Waals surface area contributed by atoms with Gasteiger partial charge in [-0.25, -0.2) is 4.98 Å². The molecule has 0 unspecified atom stereocenters. The number of benzene rings is 1. The van der Waals surface area contributed by atoms with E-state index in [1.807, 2.05) is 12.1 Å². The van der Waals surface area contributed by atoms with Gasteiger partial charge >= 0.3 is 0 Å². The molecule has 1 fully saturated rings. The van der Waals surface area contributed by atoms with Gasteiger partial charge in [-0.3, -0.25) is 14.9 Å². The normalized spacial score (nSPS) is 14.8. The molecule has 8 heteroatoms. The average Bonchev–Trinajstić information content (AvgIpc) is 3.10. The van der Waals surface area contributed by atoms with Crippen LogP contribution in [-0.4, -0.2) is 23.4 Å². The van der Waals surface area contributed by atoms with Crippen LogP contribution in [0.25, 0.3) is 0 Å². The molecule has 1 saturated carbocycles. The molecule has 3 rings (SSSR count). The number of aromatic nitrogens is 1. The van der Waals surface area contributed by atoms with E-state index < -0.39 is 5.91 Å². The topological polar surface area (TPSA) is 94.3 Å². The van der Waals surface area contributed by atoms with Crippen LogP contribution < -0.4 is 15.8 Å². The largest absolute Gasteiger partial charge is 0.483 e. The fraction of sp³-hybridized carbons (Fsp3) is 0.389. The van der Waals surface area contributed by atoms with Crippen LogP contribution in [0.5, 0.6) is 5.75 Å². The van der Waals surface area contributed by atoms with Crippen molar-refractivity contribution in [1.82, 2.24) is 4.98 Å². The van der Waals surface area contributed by atoms with E-state index in [2.05, 4.69) is 10.3 Å². The fourth-order valence-corrected chi connectivity index (χ4v) is 3.99. The molecule has 26 heavy (non-hydrogen) atoms. The van der Waals surface area contributed by atoms with Gasteiger partial charge < -0.3 is 10.5 Å². The fourth-order valence-electron chi connectivity index (χ4n) is 3.13. The van der Waals surface area contributed by atoms with Crippen LogP contribution in [0.1, 0.15) is 53.3 Å². The minimum Gasteiger partial charge on any atom is -0.483 e. The Bertz CT molecular complexity index is 803. The molecular formula is C18H20ClN3O3S. The Morgan fingerprint density at radius 3 is 2.77 bits per heavy atom. The van der Waals surface area contributed by atoms with Crippen molar-refractivity contribution in [3.8, 4) is 5.75 Å². The molecular weight excluding hydrogens is 374 g/mol. The van der Waals surface area contributed by atoms with Crippen molar-refractivity contribution in [2.75, 3.05) is 11.9 Å². The lowest BCUT2D eigenvalue weighted by atomic mass is 9.84. The van der Waals surface area contributed by atoms with Crippen LogP contribution in [0.2, 0.25) is 5.02 Å². The number of rotatable bonds is 6. The Balaban J connectivity index is 1.63. The van der Waals surface area contributed by atoms with E-state index in [-0.39, 0.29) is 12.5 Å². The molecule has 0 radical (unpaired) electrons.